The highest BCUT2D eigenvalue weighted by molar-refractivity contribution is 7.92. The number of nitrogens with zero attached hydrogens (tertiary/aromatic N) is 4. The molecule has 0 fully saturated rings. The standard InChI is InChI=1S/C24H21N5O4S3/c25-13-19-8-9-22-20(11-19)15-28(36(32,33)24-7-4-10-34-24)21(12-18-5-2-1-3-6-18)16-29(22)35(30,31)23-14-26-17-27-23/h1-11,14,17,21H,12,15-16H2,(H,26,27). The zero-order chi connectivity index (χ0) is 25.3. The lowest BCUT2D eigenvalue weighted by atomic mass is 10.1. The van der Waals surface area contributed by atoms with E-state index < -0.39 is 26.1 Å². The van der Waals surface area contributed by atoms with Crippen LogP contribution in [0.5, 0.6) is 0 Å². The van der Waals surface area contributed by atoms with Crippen LogP contribution in [0.3, 0.4) is 0 Å². The van der Waals surface area contributed by atoms with Gasteiger partial charge in [0.05, 0.1) is 36.4 Å². The van der Waals surface area contributed by atoms with Crippen molar-refractivity contribution in [1.29, 1.82) is 5.26 Å². The number of benzene rings is 2. The fourth-order valence-electron chi connectivity index (χ4n) is 4.29. The third-order valence-electron chi connectivity index (χ3n) is 6.00. The maximum absolute atomic E-state index is 13.8. The van der Waals surface area contributed by atoms with Crippen molar-refractivity contribution >= 4 is 37.1 Å². The van der Waals surface area contributed by atoms with Crippen molar-refractivity contribution in [1.82, 2.24) is 14.3 Å². The number of hydrogen-bond acceptors (Lipinski definition) is 7. The summed E-state index contributed by atoms with van der Waals surface area (Å²) in [6, 6.07) is 18.5. The number of anilines is 1. The highest BCUT2D eigenvalue weighted by Gasteiger charge is 2.40. The summed E-state index contributed by atoms with van der Waals surface area (Å²) in [4.78, 5) is 6.51. The lowest BCUT2D eigenvalue weighted by Crippen LogP contribution is -2.47. The topological polar surface area (TPSA) is 127 Å². The minimum absolute atomic E-state index is 0.0857. The number of nitriles is 1. The average molecular weight is 540 g/mol. The molecule has 1 N–H and O–H groups in total. The summed E-state index contributed by atoms with van der Waals surface area (Å²) in [6.07, 6.45) is 2.79. The van der Waals surface area contributed by atoms with E-state index in [0.29, 0.717) is 23.2 Å². The third kappa shape index (κ3) is 4.42. The number of thiophene rings is 1. The minimum atomic E-state index is -4.11. The molecule has 9 nitrogen and oxygen atoms in total. The zero-order valence-corrected chi connectivity index (χ0v) is 21.3. The normalized spacial score (nSPS) is 16.8. The molecule has 184 valence electrons. The van der Waals surface area contributed by atoms with Crippen molar-refractivity contribution < 1.29 is 16.8 Å². The lowest BCUT2D eigenvalue weighted by molar-refractivity contribution is 0.323. The summed E-state index contributed by atoms with van der Waals surface area (Å²) >= 11 is 1.10. The summed E-state index contributed by atoms with van der Waals surface area (Å²) in [5, 5.41) is 11.1. The summed E-state index contributed by atoms with van der Waals surface area (Å²) in [5.74, 6) is 0. The number of hydrogen-bond donors (Lipinski definition) is 1. The molecular formula is C24H21N5O4S3. The molecule has 0 amide bonds. The second-order valence-corrected chi connectivity index (χ2v) is 13.1. The molecule has 12 heteroatoms. The van der Waals surface area contributed by atoms with Gasteiger partial charge in [0.2, 0.25) is 0 Å². The number of rotatable bonds is 6. The molecule has 2 aromatic carbocycles. The largest absolute Gasteiger partial charge is 0.334 e. The Hall–Kier alpha value is -3.50. The Kier molecular flexibility index (Phi) is 6.40. The molecule has 0 bridgehead atoms. The van der Waals surface area contributed by atoms with Gasteiger partial charge in [-0.3, -0.25) is 4.31 Å². The molecule has 1 atom stereocenters. The summed E-state index contributed by atoms with van der Waals surface area (Å²) in [7, 11) is -8.08. The quantitative estimate of drug-likeness (QED) is 0.400. The van der Waals surface area contributed by atoms with Crippen molar-refractivity contribution in [3.63, 3.8) is 0 Å². The van der Waals surface area contributed by atoms with Gasteiger partial charge < -0.3 is 4.98 Å². The molecule has 1 aliphatic rings. The number of imidazole rings is 1. The van der Waals surface area contributed by atoms with Crippen LogP contribution in [0.15, 0.2) is 87.8 Å². The van der Waals surface area contributed by atoms with Gasteiger partial charge in [0.25, 0.3) is 20.0 Å². The van der Waals surface area contributed by atoms with Crippen molar-refractivity contribution in [2.24, 2.45) is 0 Å². The van der Waals surface area contributed by atoms with Gasteiger partial charge in [0, 0.05) is 12.6 Å². The second-order valence-electron chi connectivity index (χ2n) is 8.23. The van der Waals surface area contributed by atoms with Crippen LogP contribution in [0.2, 0.25) is 0 Å². The van der Waals surface area contributed by atoms with E-state index in [-0.39, 0.29) is 22.3 Å². The summed E-state index contributed by atoms with van der Waals surface area (Å²) in [5.41, 5.74) is 1.93. The Morgan fingerprint density at radius 3 is 2.53 bits per heavy atom. The molecule has 3 heterocycles. The zero-order valence-electron chi connectivity index (χ0n) is 18.9. The maximum atomic E-state index is 13.8. The number of aromatic amines is 1. The van der Waals surface area contributed by atoms with E-state index in [1.807, 2.05) is 30.3 Å². The number of nitrogens with one attached hydrogen (secondary N) is 1. The first-order chi connectivity index (χ1) is 17.3. The Labute approximate surface area is 213 Å². The molecule has 0 spiro atoms. The van der Waals surface area contributed by atoms with Gasteiger partial charge >= 0.3 is 0 Å². The van der Waals surface area contributed by atoms with Crippen LogP contribution in [-0.4, -0.2) is 43.7 Å². The number of H-pyrrole nitrogens is 1. The predicted octanol–water partition coefficient (Wildman–Crippen LogP) is 3.35. The van der Waals surface area contributed by atoms with Crippen molar-refractivity contribution in [2.45, 2.75) is 28.2 Å². The molecular weight excluding hydrogens is 518 g/mol. The summed E-state index contributed by atoms with van der Waals surface area (Å²) < 4.78 is 57.9. The predicted molar refractivity (Wildman–Crippen MR) is 135 cm³/mol. The molecule has 5 rings (SSSR count). The van der Waals surface area contributed by atoms with Crippen LogP contribution in [0.1, 0.15) is 16.7 Å². The Bertz CT molecular complexity index is 1610. The van der Waals surface area contributed by atoms with Gasteiger partial charge in [-0.05, 0) is 47.2 Å². The van der Waals surface area contributed by atoms with Crippen LogP contribution < -0.4 is 4.31 Å². The number of aromatic nitrogens is 2. The number of sulfonamides is 2. The monoisotopic (exact) mass is 539 g/mol. The van der Waals surface area contributed by atoms with E-state index in [2.05, 4.69) is 16.0 Å². The molecule has 0 saturated carbocycles. The van der Waals surface area contributed by atoms with E-state index in [0.717, 1.165) is 16.9 Å². The van der Waals surface area contributed by atoms with Gasteiger partial charge in [-0.2, -0.15) is 18.0 Å². The molecule has 1 aliphatic heterocycles. The fraction of sp³-hybridized carbons (Fsp3) is 0.167. The molecule has 36 heavy (non-hydrogen) atoms. The molecule has 2 aromatic heterocycles. The third-order valence-corrected chi connectivity index (χ3v) is 11.0. The van der Waals surface area contributed by atoms with E-state index >= 15 is 0 Å². The lowest BCUT2D eigenvalue weighted by Gasteiger charge is -2.31. The van der Waals surface area contributed by atoms with Crippen LogP contribution in [0, 0.1) is 11.3 Å². The van der Waals surface area contributed by atoms with Gasteiger partial charge in [-0.1, -0.05) is 36.4 Å². The second kappa shape index (κ2) is 9.51. The van der Waals surface area contributed by atoms with E-state index in [4.69, 9.17) is 0 Å². The first kappa shape index (κ1) is 24.2. The Morgan fingerprint density at radius 2 is 1.86 bits per heavy atom. The minimum Gasteiger partial charge on any atom is -0.334 e. The smallest absolute Gasteiger partial charge is 0.281 e. The van der Waals surface area contributed by atoms with Gasteiger partial charge in [0.15, 0.2) is 5.03 Å². The van der Waals surface area contributed by atoms with Gasteiger partial charge in [-0.25, -0.2) is 13.4 Å². The van der Waals surface area contributed by atoms with Crippen molar-refractivity contribution in [2.75, 3.05) is 10.8 Å². The van der Waals surface area contributed by atoms with E-state index in [1.165, 1.54) is 33.3 Å². The first-order valence-corrected chi connectivity index (χ1v) is 14.7. The van der Waals surface area contributed by atoms with Crippen molar-refractivity contribution in [3.8, 4) is 6.07 Å². The Morgan fingerprint density at radius 1 is 1.06 bits per heavy atom. The molecule has 0 aliphatic carbocycles. The van der Waals surface area contributed by atoms with Crippen LogP contribution in [-0.2, 0) is 33.0 Å². The molecule has 4 aromatic rings. The highest BCUT2D eigenvalue weighted by Crippen LogP contribution is 2.36. The summed E-state index contributed by atoms with van der Waals surface area (Å²) in [6.45, 7) is -0.211. The van der Waals surface area contributed by atoms with Crippen LogP contribution in [0.25, 0.3) is 0 Å². The van der Waals surface area contributed by atoms with Crippen LogP contribution in [0.4, 0.5) is 5.69 Å². The SMILES string of the molecule is N#Cc1ccc2c(c1)CN(S(=O)(=O)c1cccs1)C(Cc1ccccc1)CN2S(=O)(=O)c1cnc[nH]1. The van der Waals surface area contributed by atoms with Crippen molar-refractivity contribution in [3.05, 3.63) is 95.3 Å². The van der Waals surface area contributed by atoms with Crippen LogP contribution >= 0.6 is 11.3 Å². The fourth-order valence-corrected chi connectivity index (χ4v) is 8.44. The van der Waals surface area contributed by atoms with Gasteiger partial charge in [0.1, 0.15) is 4.21 Å². The molecule has 1 unspecified atom stereocenters. The Balaban J connectivity index is 1.70. The van der Waals surface area contributed by atoms with E-state index in [9.17, 15) is 22.1 Å². The van der Waals surface area contributed by atoms with E-state index in [1.54, 1.807) is 23.6 Å². The molecule has 0 saturated heterocycles. The molecule has 0 radical (unpaired) electrons. The number of fused-ring (bicyclic) bond motifs is 1. The first-order valence-electron chi connectivity index (χ1n) is 10.9. The average Bonchev–Trinajstić information content (AvgIpc) is 3.59. The maximum Gasteiger partial charge on any atom is 0.281 e. The highest BCUT2D eigenvalue weighted by atomic mass is 32.2. The van der Waals surface area contributed by atoms with Gasteiger partial charge in [-0.15, -0.1) is 11.3 Å².